The number of aromatic amines is 1. The topological polar surface area (TPSA) is 107 Å². The van der Waals surface area contributed by atoms with Crippen LogP contribution in [0.3, 0.4) is 0 Å². The van der Waals surface area contributed by atoms with Crippen LogP contribution in [0.1, 0.15) is 37.1 Å². The van der Waals surface area contributed by atoms with Crippen LogP contribution in [0.2, 0.25) is 0 Å². The van der Waals surface area contributed by atoms with Crippen LogP contribution in [0.4, 0.5) is 0 Å². The molecule has 1 saturated carbocycles. The number of carboxylic acids is 1. The molecule has 0 unspecified atom stereocenters. The number of likely N-dealkylation sites (tertiary alicyclic amines) is 1. The molecule has 1 amide bonds. The molecule has 7 heteroatoms. The third-order valence-corrected chi connectivity index (χ3v) is 5.93. The van der Waals surface area contributed by atoms with Crippen molar-refractivity contribution in [3.05, 3.63) is 29.6 Å². The van der Waals surface area contributed by atoms with E-state index in [1.165, 1.54) is 0 Å². The molecule has 0 spiro atoms. The number of nitrogens with zero attached hydrogens (tertiary/aromatic N) is 2. The second kappa shape index (κ2) is 6.64. The van der Waals surface area contributed by atoms with E-state index in [4.69, 9.17) is 0 Å². The number of aryl methyl sites for hydroxylation is 1. The fourth-order valence-electron chi connectivity index (χ4n) is 4.21. The van der Waals surface area contributed by atoms with E-state index >= 15 is 0 Å². The first kappa shape index (κ1) is 18.0. The van der Waals surface area contributed by atoms with Gasteiger partial charge < -0.3 is 20.1 Å². The number of carboxylic acid groups (broad SMARTS) is 1. The summed E-state index contributed by atoms with van der Waals surface area (Å²) in [6.45, 7) is 2.37. The smallest absolute Gasteiger partial charge is 0.314 e. The molecular formula is C20H25N3O4. The van der Waals surface area contributed by atoms with Crippen LogP contribution in [0.15, 0.2) is 18.2 Å². The molecule has 3 N–H and O–H groups in total. The monoisotopic (exact) mass is 371 g/mol. The third kappa shape index (κ3) is 3.43. The Labute approximate surface area is 157 Å². The van der Waals surface area contributed by atoms with E-state index < -0.39 is 17.5 Å². The van der Waals surface area contributed by atoms with E-state index in [0.717, 1.165) is 35.3 Å². The lowest BCUT2D eigenvalue weighted by molar-refractivity contribution is -0.167. The molecule has 2 heterocycles. The second-order valence-corrected chi connectivity index (χ2v) is 8.08. The lowest BCUT2D eigenvalue weighted by Gasteiger charge is -2.43. The number of nitrogens with one attached hydrogen (secondary N) is 1. The van der Waals surface area contributed by atoms with Gasteiger partial charge in [0.05, 0.1) is 23.6 Å². The molecule has 1 aromatic carbocycles. The number of aliphatic hydroxyl groups is 1. The highest BCUT2D eigenvalue weighted by Crippen LogP contribution is 2.45. The van der Waals surface area contributed by atoms with Crippen molar-refractivity contribution in [2.24, 2.45) is 11.3 Å². The maximum Gasteiger partial charge on any atom is 0.314 e. The highest BCUT2D eigenvalue weighted by atomic mass is 16.4. The fourth-order valence-corrected chi connectivity index (χ4v) is 4.21. The van der Waals surface area contributed by atoms with Crippen molar-refractivity contribution in [3.63, 3.8) is 0 Å². The fraction of sp³-hybridized carbons (Fsp3) is 0.550. The van der Waals surface area contributed by atoms with Gasteiger partial charge in [0, 0.05) is 13.1 Å². The van der Waals surface area contributed by atoms with Crippen molar-refractivity contribution in [3.8, 4) is 0 Å². The summed E-state index contributed by atoms with van der Waals surface area (Å²) < 4.78 is 0. The Hall–Kier alpha value is -2.41. The van der Waals surface area contributed by atoms with Gasteiger partial charge in [0.25, 0.3) is 0 Å². The van der Waals surface area contributed by atoms with Crippen LogP contribution in [0.25, 0.3) is 11.0 Å². The van der Waals surface area contributed by atoms with Crippen LogP contribution in [-0.2, 0) is 16.0 Å². The molecule has 1 aliphatic carbocycles. The number of H-pyrrole nitrogens is 1. The SMILES string of the molecule is Cc1nc2ccc(CC(=O)N3CC[C@H](O)[C@](CC4CC4)(C(=O)O)C3)cc2[nH]1. The molecule has 2 atom stereocenters. The summed E-state index contributed by atoms with van der Waals surface area (Å²) in [4.78, 5) is 34.0. The Bertz CT molecular complexity index is 888. The summed E-state index contributed by atoms with van der Waals surface area (Å²) in [5, 5.41) is 20.3. The van der Waals surface area contributed by atoms with E-state index in [0.29, 0.717) is 25.3 Å². The van der Waals surface area contributed by atoms with Gasteiger partial charge >= 0.3 is 5.97 Å². The lowest BCUT2D eigenvalue weighted by atomic mass is 9.73. The van der Waals surface area contributed by atoms with E-state index in [9.17, 15) is 19.8 Å². The summed E-state index contributed by atoms with van der Waals surface area (Å²) in [7, 11) is 0. The molecule has 144 valence electrons. The number of benzene rings is 1. The number of hydrogen-bond donors (Lipinski definition) is 3. The van der Waals surface area contributed by atoms with E-state index in [2.05, 4.69) is 9.97 Å². The van der Waals surface area contributed by atoms with Crippen LogP contribution in [-0.4, -0.2) is 56.2 Å². The summed E-state index contributed by atoms with van der Waals surface area (Å²) in [6.07, 6.45) is 2.10. The Morgan fingerprint density at radius 1 is 1.33 bits per heavy atom. The molecule has 2 aromatic rings. The van der Waals surface area contributed by atoms with Crippen LogP contribution < -0.4 is 0 Å². The van der Waals surface area contributed by atoms with Crippen molar-refractivity contribution in [1.29, 1.82) is 0 Å². The first-order valence-electron chi connectivity index (χ1n) is 9.52. The molecule has 7 nitrogen and oxygen atoms in total. The maximum atomic E-state index is 12.9. The van der Waals surface area contributed by atoms with E-state index in [1.54, 1.807) is 4.90 Å². The Balaban J connectivity index is 1.51. The minimum atomic E-state index is -1.24. The molecular weight excluding hydrogens is 346 g/mol. The number of fused-ring (bicyclic) bond motifs is 1. The van der Waals surface area contributed by atoms with Crippen molar-refractivity contribution >= 4 is 22.9 Å². The van der Waals surface area contributed by atoms with Crippen molar-refractivity contribution in [1.82, 2.24) is 14.9 Å². The molecule has 4 rings (SSSR count). The molecule has 0 bridgehead atoms. The van der Waals surface area contributed by atoms with Gasteiger partial charge in [0.1, 0.15) is 11.2 Å². The summed E-state index contributed by atoms with van der Waals surface area (Å²) in [5.74, 6) is 0.0919. The summed E-state index contributed by atoms with van der Waals surface area (Å²) in [5.41, 5.74) is 1.38. The summed E-state index contributed by atoms with van der Waals surface area (Å²) in [6, 6.07) is 5.69. The van der Waals surface area contributed by atoms with Crippen molar-refractivity contribution < 1.29 is 19.8 Å². The van der Waals surface area contributed by atoms with Gasteiger partial charge in [-0.3, -0.25) is 9.59 Å². The number of imidazole rings is 1. The number of aliphatic carboxylic acids is 1. The number of carbonyl (C=O) groups is 2. The average Bonchev–Trinajstić information content (AvgIpc) is 3.35. The largest absolute Gasteiger partial charge is 0.481 e. The minimum absolute atomic E-state index is 0.0875. The molecule has 2 fully saturated rings. The lowest BCUT2D eigenvalue weighted by Crippen LogP contribution is -2.57. The van der Waals surface area contributed by atoms with Gasteiger partial charge in [0.15, 0.2) is 0 Å². The number of rotatable bonds is 5. The molecule has 1 aliphatic heterocycles. The number of carbonyl (C=O) groups excluding carboxylic acids is 1. The summed E-state index contributed by atoms with van der Waals surface area (Å²) >= 11 is 0. The van der Waals surface area contributed by atoms with E-state index in [1.807, 2.05) is 25.1 Å². The standard InChI is InChI=1S/C20H25N3O4/c1-12-21-15-5-4-14(8-16(15)22-12)9-18(25)23-7-6-17(24)20(11-23,19(26)27)10-13-2-3-13/h4-5,8,13,17,24H,2-3,6-7,9-11H2,1H3,(H,21,22)(H,26,27)/t17-,20+/m0/s1. The number of amides is 1. The second-order valence-electron chi connectivity index (χ2n) is 8.08. The zero-order valence-electron chi connectivity index (χ0n) is 15.4. The Morgan fingerprint density at radius 2 is 2.11 bits per heavy atom. The van der Waals surface area contributed by atoms with Gasteiger partial charge in [-0.05, 0) is 43.4 Å². The van der Waals surface area contributed by atoms with E-state index in [-0.39, 0.29) is 18.9 Å². The zero-order valence-corrected chi connectivity index (χ0v) is 15.4. The van der Waals surface area contributed by atoms with Gasteiger partial charge in [-0.2, -0.15) is 0 Å². The minimum Gasteiger partial charge on any atom is -0.481 e. The van der Waals surface area contributed by atoms with Gasteiger partial charge in [-0.25, -0.2) is 4.98 Å². The third-order valence-electron chi connectivity index (χ3n) is 5.93. The van der Waals surface area contributed by atoms with Crippen LogP contribution >= 0.6 is 0 Å². The highest BCUT2D eigenvalue weighted by Gasteiger charge is 2.52. The maximum absolute atomic E-state index is 12.9. The zero-order chi connectivity index (χ0) is 19.2. The normalized spacial score (nSPS) is 25.7. The molecule has 2 aliphatic rings. The average molecular weight is 371 g/mol. The van der Waals surface area contributed by atoms with Crippen molar-refractivity contribution in [2.75, 3.05) is 13.1 Å². The van der Waals surface area contributed by atoms with Crippen LogP contribution in [0.5, 0.6) is 0 Å². The van der Waals surface area contributed by atoms with Crippen LogP contribution in [0, 0.1) is 18.3 Å². The quantitative estimate of drug-likeness (QED) is 0.744. The van der Waals surface area contributed by atoms with Gasteiger partial charge in [-0.15, -0.1) is 0 Å². The van der Waals surface area contributed by atoms with Crippen molar-refractivity contribution in [2.45, 2.75) is 45.1 Å². The van der Waals surface area contributed by atoms with Gasteiger partial charge in [-0.1, -0.05) is 18.9 Å². The number of aromatic nitrogens is 2. The highest BCUT2D eigenvalue weighted by molar-refractivity contribution is 5.83. The Kier molecular flexibility index (Phi) is 4.42. The first-order chi connectivity index (χ1) is 12.9. The molecule has 0 radical (unpaired) electrons. The molecule has 27 heavy (non-hydrogen) atoms. The van der Waals surface area contributed by atoms with Gasteiger partial charge in [0.2, 0.25) is 5.91 Å². The molecule has 1 aromatic heterocycles. The predicted molar refractivity (Wildman–Crippen MR) is 99.1 cm³/mol. The predicted octanol–water partition coefficient (Wildman–Crippen LogP) is 1.88. The first-order valence-corrected chi connectivity index (χ1v) is 9.52. The number of hydrogen-bond acceptors (Lipinski definition) is 4. The Morgan fingerprint density at radius 3 is 2.81 bits per heavy atom. The number of piperidine rings is 1. The number of aliphatic hydroxyl groups excluding tert-OH is 1. The molecule has 1 saturated heterocycles.